The fourth-order valence-electron chi connectivity index (χ4n) is 2.69. The number of phenolic OH excluding ortho intramolecular Hbond substituents is 1. The van der Waals surface area contributed by atoms with Gasteiger partial charge in [-0.05, 0) is 57.9 Å². The van der Waals surface area contributed by atoms with Gasteiger partial charge in [0.1, 0.15) is 5.75 Å². The fourth-order valence-corrected chi connectivity index (χ4v) is 2.69. The molecule has 0 radical (unpaired) electrons. The third-order valence-electron chi connectivity index (χ3n) is 4.07. The summed E-state index contributed by atoms with van der Waals surface area (Å²) in [7, 11) is 0. The lowest BCUT2D eigenvalue weighted by atomic mass is 10.1. The Morgan fingerprint density at radius 3 is 1.59 bits per heavy atom. The molecule has 0 spiro atoms. The monoisotopic (exact) mass is 360 g/mol. The van der Waals surface area contributed by atoms with Crippen LogP contribution in [0.25, 0.3) is 21.5 Å². The van der Waals surface area contributed by atoms with Crippen LogP contribution in [0, 0.1) is 0 Å². The first-order valence-corrected chi connectivity index (χ1v) is 8.12. The molecule has 0 aliphatic rings. The number of fused-ring (bicyclic) bond motifs is 2. The molecule has 5 heteroatoms. The molecule has 0 unspecified atom stereocenters. The van der Waals surface area contributed by atoms with Crippen LogP contribution in [0.2, 0.25) is 0 Å². The first kappa shape index (κ1) is 17.9. The molecule has 0 heterocycles. The Balaban J connectivity index is 0.000000156. The minimum absolute atomic E-state index is 0.181. The van der Waals surface area contributed by atoms with Gasteiger partial charge in [-0.2, -0.15) is 0 Å². The quantitative estimate of drug-likeness (QED) is 0.478. The Bertz CT molecular complexity index is 1150. The summed E-state index contributed by atoms with van der Waals surface area (Å²) < 4.78 is 0. The van der Waals surface area contributed by atoms with Crippen molar-refractivity contribution < 1.29 is 24.9 Å². The Labute approximate surface area is 154 Å². The summed E-state index contributed by atoms with van der Waals surface area (Å²) in [5.74, 6) is -1.65. The Hall–Kier alpha value is -3.86. The highest BCUT2D eigenvalue weighted by molar-refractivity contribution is 5.95. The van der Waals surface area contributed by atoms with E-state index in [1.54, 1.807) is 36.4 Å². The first-order chi connectivity index (χ1) is 12.9. The molecular weight excluding hydrogens is 344 g/mol. The van der Waals surface area contributed by atoms with E-state index in [2.05, 4.69) is 0 Å². The molecule has 0 aliphatic carbocycles. The number of aromatic hydroxyl groups is 1. The van der Waals surface area contributed by atoms with Crippen LogP contribution in [0.3, 0.4) is 0 Å². The number of hydrogen-bond acceptors (Lipinski definition) is 3. The molecule has 0 aliphatic heterocycles. The molecular formula is C22H16O5. The van der Waals surface area contributed by atoms with Crippen LogP contribution in [-0.2, 0) is 0 Å². The van der Waals surface area contributed by atoms with E-state index < -0.39 is 11.9 Å². The van der Waals surface area contributed by atoms with Crippen molar-refractivity contribution in [1.29, 1.82) is 0 Å². The number of benzene rings is 4. The van der Waals surface area contributed by atoms with Crippen molar-refractivity contribution in [2.24, 2.45) is 0 Å². The number of aromatic carboxylic acids is 2. The molecule has 134 valence electrons. The highest BCUT2D eigenvalue weighted by Crippen LogP contribution is 2.21. The summed E-state index contributed by atoms with van der Waals surface area (Å²) in [6.07, 6.45) is 0. The highest BCUT2D eigenvalue weighted by atomic mass is 16.4. The van der Waals surface area contributed by atoms with Gasteiger partial charge in [0.25, 0.3) is 0 Å². The number of phenols is 1. The first-order valence-electron chi connectivity index (χ1n) is 8.12. The minimum atomic E-state index is -0.944. The minimum Gasteiger partial charge on any atom is -0.508 e. The smallest absolute Gasteiger partial charge is 0.335 e. The molecule has 0 aromatic heterocycles. The second-order valence-electron chi connectivity index (χ2n) is 5.92. The summed E-state index contributed by atoms with van der Waals surface area (Å²) in [4.78, 5) is 21.3. The number of carboxylic acid groups (broad SMARTS) is 2. The van der Waals surface area contributed by atoms with Gasteiger partial charge in [0.2, 0.25) is 0 Å². The van der Waals surface area contributed by atoms with Gasteiger partial charge in [0.05, 0.1) is 11.1 Å². The maximum Gasteiger partial charge on any atom is 0.335 e. The fraction of sp³-hybridized carbons (Fsp3) is 0. The van der Waals surface area contributed by atoms with Crippen molar-refractivity contribution in [3.63, 3.8) is 0 Å². The van der Waals surface area contributed by atoms with Gasteiger partial charge in [-0.3, -0.25) is 0 Å². The molecule has 4 aromatic rings. The zero-order valence-electron chi connectivity index (χ0n) is 14.2. The maximum atomic E-state index is 10.7. The largest absolute Gasteiger partial charge is 0.508 e. The molecule has 0 bridgehead atoms. The normalized spacial score (nSPS) is 10.2. The molecule has 4 aromatic carbocycles. The molecule has 27 heavy (non-hydrogen) atoms. The zero-order chi connectivity index (χ0) is 19.4. The molecule has 0 saturated carbocycles. The van der Waals surface area contributed by atoms with Crippen LogP contribution in [0.5, 0.6) is 5.75 Å². The second-order valence-corrected chi connectivity index (χ2v) is 5.92. The van der Waals surface area contributed by atoms with Crippen molar-refractivity contribution in [2.75, 3.05) is 0 Å². The number of carboxylic acids is 2. The predicted octanol–water partition coefficient (Wildman–Crippen LogP) is 4.78. The zero-order valence-corrected chi connectivity index (χ0v) is 14.2. The number of rotatable bonds is 2. The van der Waals surface area contributed by atoms with Gasteiger partial charge in [-0.15, -0.1) is 0 Å². The second kappa shape index (κ2) is 7.58. The van der Waals surface area contributed by atoms with Gasteiger partial charge < -0.3 is 15.3 Å². The van der Waals surface area contributed by atoms with E-state index in [4.69, 9.17) is 10.2 Å². The van der Waals surface area contributed by atoms with E-state index in [0.717, 1.165) is 21.5 Å². The summed E-state index contributed by atoms with van der Waals surface area (Å²) >= 11 is 0. The van der Waals surface area contributed by atoms with E-state index in [1.165, 1.54) is 12.1 Å². The van der Waals surface area contributed by atoms with Gasteiger partial charge >= 0.3 is 11.9 Å². The van der Waals surface area contributed by atoms with Crippen molar-refractivity contribution in [3.05, 3.63) is 90.0 Å². The third kappa shape index (κ3) is 4.22. The molecule has 0 saturated heterocycles. The number of hydrogen-bond donors (Lipinski definition) is 3. The van der Waals surface area contributed by atoms with Crippen LogP contribution in [0.4, 0.5) is 0 Å². The van der Waals surface area contributed by atoms with E-state index in [-0.39, 0.29) is 11.3 Å². The molecule has 0 fully saturated rings. The molecule has 4 rings (SSSR count). The predicted molar refractivity (Wildman–Crippen MR) is 103 cm³/mol. The maximum absolute atomic E-state index is 10.7. The van der Waals surface area contributed by atoms with E-state index in [0.29, 0.717) is 5.56 Å². The van der Waals surface area contributed by atoms with Crippen LogP contribution >= 0.6 is 0 Å². The van der Waals surface area contributed by atoms with Gasteiger partial charge in [0, 0.05) is 0 Å². The summed E-state index contributed by atoms with van der Waals surface area (Å²) in [5, 5.41) is 30.3. The Morgan fingerprint density at radius 1 is 0.556 bits per heavy atom. The Kier molecular flexibility index (Phi) is 5.04. The lowest BCUT2D eigenvalue weighted by Gasteiger charge is -2.00. The van der Waals surface area contributed by atoms with E-state index in [9.17, 15) is 14.7 Å². The highest BCUT2D eigenvalue weighted by Gasteiger charge is 2.03. The van der Waals surface area contributed by atoms with E-state index in [1.807, 2.05) is 30.3 Å². The SMILES string of the molecule is O=C(O)c1ccc2cc(O)ccc2c1.O=C(O)c1ccc2ccccc2c1. The van der Waals surface area contributed by atoms with Crippen LogP contribution in [0.1, 0.15) is 20.7 Å². The molecule has 0 amide bonds. The van der Waals surface area contributed by atoms with Crippen molar-refractivity contribution in [2.45, 2.75) is 0 Å². The van der Waals surface area contributed by atoms with Gasteiger partial charge in [-0.1, -0.05) is 42.5 Å². The molecule has 0 atom stereocenters. The van der Waals surface area contributed by atoms with Crippen molar-refractivity contribution in [1.82, 2.24) is 0 Å². The lowest BCUT2D eigenvalue weighted by Crippen LogP contribution is -1.94. The number of carbonyl (C=O) groups is 2. The van der Waals surface area contributed by atoms with Crippen molar-refractivity contribution in [3.8, 4) is 5.75 Å². The molecule has 3 N–H and O–H groups in total. The van der Waals surface area contributed by atoms with Crippen LogP contribution in [-0.4, -0.2) is 27.3 Å². The average molecular weight is 360 g/mol. The van der Waals surface area contributed by atoms with Crippen LogP contribution < -0.4 is 0 Å². The standard InChI is InChI=1S/C11H8O3.C11H8O2/c12-10-4-3-7-5-9(11(13)14)2-1-8(7)6-10;12-11(13)10-6-5-8-3-1-2-4-9(8)7-10/h1-6,12H,(H,13,14);1-7H,(H,12,13). The van der Waals surface area contributed by atoms with Gasteiger partial charge in [-0.25, -0.2) is 9.59 Å². The third-order valence-corrected chi connectivity index (χ3v) is 4.07. The molecule has 5 nitrogen and oxygen atoms in total. The lowest BCUT2D eigenvalue weighted by molar-refractivity contribution is 0.0686. The van der Waals surface area contributed by atoms with Crippen LogP contribution in [0.15, 0.2) is 78.9 Å². The Morgan fingerprint density at radius 2 is 1.00 bits per heavy atom. The van der Waals surface area contributed by atoms with Crippen molar-refractivity contribution >= 4 is 33.5 Å². The summed E-state index contributed by atoms with van der Waals surface area (Å²) in [6, 6.07) is 22.4. The van der Waals surface area contributed by atoms with Gasteiger partial charge in [0.15, 0.2) is 0 Å². The van der Waals surface area contributed by atoms with E-state index >= 15 is 0 Å². The summed E-state index contributed by atoms with van der Waals surface area (Å²) in [5.41, 5.74) is 0.585. The topological polar surface area (TPSA) is 94.8 Å². The average Bonchev–Trinajstić information content (AvgIpc) is 2.67. The summed E-state index contributed by atoms with van der Waals surface area (Å²) in [6.45, 7) is 0.